The number of rotatable bonds is 1. The predicted octanol–water partition coefficient (Wildman–Crippen LogP) is 4.18. The van der Waals surface area contributed by atoms with Crippen LogP contribution >= 0.6 is 0 Å². The van der Waals surface area contributed by atoms with Crippen LogP contribution in [0.3, 0.4) is 0 Å². The van der Waals surface area contributed by atoms with Crippen molar-refractivity contribution in [1.29, 1.82) is 0 Å². The van der Waals surface area contributed by atoms with Gasteiger partial charge in [0.1, 0.15) is 5.60 Å². The molecule has 23 heavy (non-hydrogen) atoms. The van der Waals surface area contributed by atoms with Crippen LogP contribution in [0.4, 0.5) is 10.5 Å². The number of hydrogen-bond acceptors (Lipinski definition) is 4. The molecular formula is C17H24N2O4. The fourth-order valence-electron chi connectivity index (χ4n) is 2.98. The third-order valence-electron chi connectivity index (χ3n) is 4.09. The van der Waals surface area contributed by atoms with Crippen molar-refractivity contribution < 1.29 is 14.5 Å². The Hall–Kier alpha value is -2.11. The molecule has 0 saturated carbocycles. The van der Waals surface area contributed by atoms with Crippen molar-refractivity contribution in [3.8, 4) is 0 Å². The van der Waals surface area contributed by atoms with Crippen molar-refractivity contribution in [2.45, 2.75) is 58.6 Å². The summed E-state index contributed by atoms with van der Waals surface area (Å²) in [6.07, 6.45) is -0.393. The lowest BCUT2D eigenvalue weighted by Gasteiger charge is -2.44. The Morgan fingerprint density at radius 1 is 1.39 bits per heavy atom. The van der Waals surface area contributed by atoms with Crippen LogP contribution in [0.5, 0.6) is 0 Å². The number of fused-ring (bicyclic) bond motifs is 1. The summed E-state index contributed by atoms with van der Waals surface area (Å²) in [5, 5.41) is 11.1. The maximum atomic E-state index is 12.5. The van der Waals surface area contributed by atoms with E-state index in [1.165, 1.54) is 6.07 Å². The van der Waals surface area contributed by atoms with Crippen LogP contribution in [-0.4, -0.2) is 28.1 Å². The Balaban J connectivity index is 2.44. The second kappa shape index (κ2) is 5.51. The van der Waals surface area contributed by atoms with Gasteiger partial charge in [-0.3, -0.25) is 10.1 Å². The predicted molar refractivity (Wildman–Crippen MR) is 87.5 cm³/mol. The average molecular weight is 320 g/mol. The van der Waals surface area contributed by atoms with Gasteiger partial charge in [-0.15, -0.1) is 0 Å². The molecule has 0 aliphatic carbocycles. The molecule has 1 unspecified atom stereocenters. The molecule has 0 fully saturated rings. The molecule has 1 heterocycles. The van der Waals surface area contributed by atoms with Crippen molar-refractivity contribution in [2.75, 3.05) is 6.54 Å². The highest BCUT2D eigenvalue weighted by molar-refractivity contribution is 5.70. The zero-order chi connectivity index (χ0) is 17.6. The van der Waals surface area contributed by atoms with Gasteiger partial charge in [-0.25, -0.2) is 4.79 Å². The van der Waals surface area contributed by atoms with Crippen LogP contribution in [0, 0.1) is 10.1 Å². The molecular weight excluding hydrogens is 296 g/mol. The molecule has 1 aliphatic rings. The number of carbonyl (C=O) groups excluding carboxylic acids is 1. The lowest BCUT2D eigenvalue weighted by molar-refractivity contribution is -0.385. The van der Waals surface area contributed by atoms with E-state index < -0.39 is 16.6 Å². The summed E-state index contributed by atoms with van der Waals surface area (Å²) in [5.41, 5.74) is 1.01. The van der Waals surface area contributed by atoms with E-state index in [2.05, 4.69) is 0 Å². The maximum Gasteiger partial charge on any atom is 0.410 e. The van der Waals surface area contributed by atoms with Crippen molar-refractivity contribution in [3.05, 3.63) is 39.4 Å². The molecule has 1 aromatic carbocycles. The van der Waals surface area contributed by atoms with Gasteiger partial charge in [-0.2, -0.15) is 0 Å². The van der Waals surface area contributed by atoms with Crippen molar-refractivity contribution >= 4 is 11.8 Å². The molecule has 0 radical (unpaired) electrons. The van der Waals surface area contributed by atoms with Crippen LogP contribution in [0.2, 0.25) is 0 Å². The highest BCUT2D eigenvalue weighted by Crippen LogP contribution is 2.41. The fourth-order valence-corrected chi connectivity index (χ4v) is 2.98. The third-order valence-corrected chi connectivity index (χ3v) is 4.09. The van der Waals surface area contributed by atoms with E-state index >= 15 is 0 Å². The SMILES string of the molecule is CC1c2cc([N+](=O)[O-])ccc2C(C)(C)CN1C(=O)OC(C)(C)C. The summed E-state index contributed by atoms with van der Waals surface area (Å²) in [6, 6.07) is 4.62. The zero-order valence-corrected chi connectivity index (χ0v) is 14.5. The Kier molecular flexibility index (Phi) is 4.13. The van der Waals surface area contributed by atoms with E-state index in [-0.39, 0.29) is 17.1 Å². The number of nitro groups is 1. The summed E-state index contributed by atoms with van der Waals surface area (Å²) in [6.45, 7) is 11.9. The van der Waals surface area contributed by atoms with E-state index in [0.717, 1.165) is 11.1 Å². The van der Waals surface area contributed by atoms with Crippen LogP contribution in [-0.2, 0) is 10.2 Å². The van der Waals surface area contributed by atoms with Gasteiger partial charge in [0.2, 0.25) is 0 Å². The van der Waals surface area contributed by atoms with Crippen molar-refractivity contribution in [2.24, 2.45) is 0 Å². The van der Waals surface area contributed by atoms with Crippen molar-refractivity contribution in [3.63, 3.8) is 0 Å². The number of ether oxygens (including phenoxy) is 1. The number of amides is 1. The molecule has 6 nitrogen and oxygen atoms in total. The summed E-state index contributed by atoms with van der Waals surface area (Å²) in [4.78, 5) is 24.8. The van der Waals surface area contributed by atoms with Crippen LogP contribution in [0.25, 0.3) is 0 Å². The van der Waals surface area contributed by atoms with E-state index in [4.69, 9.17) is 4.74 Å². The summed E-state index contributed by atoms with van der Waals surface area (Å²) < 4.78 is 5.49. The Morgan fingerprint density at radius 2 is 2.00 bits per heavy atom. The highest BCUT2D eigenvalue weighted by Gasteiger charge is 2.40. The first-order chi connectivity index (χ1) is 10.4. The normalized spacial score (nSPS) is 19.9. The van der Waals surface area contributed by atoms with E-state index in [1.807, 2.05) is 41.5 Å². The van der Waals surface area contributed by atoms with Gasteiger partial charge in [-0.1, -0.05) is 19.9 Å². The molecule has 0 saturated heterocycles. The average Bonchev–Trinajstić information content (AvgIpc) is 2.40. The third kappa shape index (κ3) is 3.46. The van der Waals surface area contributed by atoms with Gasteiger partial charge < -0.3 is 9.64 Å². The van der Waals surface area contributed by atoms with E-state index in [1.54, 1.807) is 17.0 Å². The van der Waals surface area contributed by atoms with Crippen molar-refractivity contribution in [1.82, 2.24) is 4.90 Å². The molecule has 0 bridgehead atoms. The Morgan fingerprint density at radius 3 is 2.52 bits per heavy atom. The van der Waals surface area contributed by atoms with Gasteiger partial charge in [-0.05, 0) is 38.8 Å². The molecule has 126 valence electrons. The van der Waals surface area contributed by atoms with Crippen LogP contribution < -0.4 is 0 Å². The number of nitrogens with zero attached hydrogens (tertiary/aromatic N) is 2. The minimum Gasteiger partial charge on any atom is -0.444 e. The summed E-state index contributed by atoms with van der Waals surface area (Å²) in [7, 11) is 0. The number of non-ortho nitro benzene ring substituents is 1. The summed E-state index contributed by atoms with van der Waals surface area (Å²) >= 11 is 0. The minimum atomic E-state index is -0.579. The standard InChI is InChI=1S/C17H24N2O4/c1-11-13-9-12(19(21)22)7-8-14(13)17(5,6)10-18(11)15(20)23-16(2,3)4/h7-9,11H,10H2,1-6H3. The molecule has 0 N–H and O–H groups in total. The first-order valence-corrected chi connectivity index (χ1v) is 7.71. The Labute approximate surface area is 136 Å². The quantitative estimate of drug-likeness (QED) is 0.574. The highest BCUT2D eigenvalue weighted by atomic mass is 16.6. The molecule has 2 rings (SSSR count). The van der Waals surface area contributed by atoms with Gasteiger partial charge in [0, 0.05) is 24.1 Å². The van der Waals surface area contributed by atoms with Crippen LogP contribution in [0.15, 0.2) is 18.2 Å². The molecule has 1 aromatic rings. The first kappa shape index (κ1) is 17.2. The first-order valence-electron chi connectivity index (χ1n) is 7.71. The molecule has 1 atom stereocenters. The molecule has 0 spiro atoms. The Bertz CT molecular complexity index is 646. The van der Waals surface area contributed by atoms with E-state index in [0.29, 0.717) is 6.54 Å². The largest absolute Gasteiger partial charge is 0.444 e. The van der Waals surface area contributed by atoms with Gasteiger partial charge in [0.15, 0.2) is 0 Å². The lowest BCUT2D eigenvalue weighted by atomic mass is 9.76. The monoisotopic (exact) mass is 320 g/mol. The van der Waals surface area contributed by atoms with E-state index in [9.17, 15) is 14.9 Å². The van der Waals surface area contributed by atoms with Crippen LogP contribution in [0.1, 0.15) is 58.7 Å². The number of hydrogen-bond donors (Lipinski definition) is 0. The minimum absolute atomic E-state index is 0.0393. The van der Waals surface area contributed by atoms with Gasteiger partial charge >= 0.3 is 6.09 Å². The van der Waals surface area contributed by atoms with Gasteiger partial charge in [0.25, 0.3) is 5.69 Å². The lowest BCUT2D eigenvalue weighted by Crippen LogP contribution is -2.48. The fraction of sp³-hybridized carbons (Fsp3) is 0.588. The van der Waals surface area contributed by atoms with Gasteiger partial charge in [0.05, 0.1) is 11.0 Å². The summed E-state index contributed by atoms with van der Waals surface area (Å²) in [5.74, 6) is 0. The topological polar surface area (TPSA) is 72.7 Å². The second-order valence-corrected chi connectivity index (χ2v) is 7.70. The molecule has 1 aliphatic heterocycles. The number of carbonyl (C=O) groups is 1. The zero-order valence-electron chi connectivity index (χ0n) is 14.5. The number of nitro benzene ring substituents is 1. The maximum absolute atomic E-state index is 12.5. The second-order valence-electron chi connectivity index (χ2n) is 7.70. The number of benzene rings is 1. The molecule has 0 aromatic heterocycles. The smallest absolute Gasteiger partial charge is 0.410 e. The molecule has 1 amide bonds. The molecule has 6 heteroatoms.